The van der Waals surface area contributed by atoms with Gasteiger partial charge in [-0.2, -0.15) is 0 Å². The molecule has 0 aliphatic rings. The number of nitrogens with one attached hydrogen (secondary N) is 1. The van der Waals surface area contributed by atoms with Crippen LogP contribution in [0.5, 0.6) is 0 Å². The van der Waals surface area contributed by atoms with E-state index in [1.807, 2.05) is 6.08 Å². The highest BCUT2D eigenvalue weighted by atomic mass is 16.5. The van der Waals surface area contributed by atoms with Gasteiger partial charge in [-0.3, -0.25) is 9.59 Å². The number of allylic oxidation sites excluding steroid dienone is 5. The van der Waals surface area contributed by atoms with Crippen molar-refractivity contribution in [3.8, 4) is 0 Å². The molecule has 0 rings (SSSR count). The van der Waals surface area contributed by atoms with Crippen LogP contribution in [0, 0.1) is 0 Å². The highest BCUT2D eigenvalue weighted by molar-refractivity contribution is 5.76. The van der Waals surface area contributed by atoms with Crippen molar-refractivity contribution in [1.29, 1.82) is 0 Å². The van der Waals surface area contributed by atoms with Crippen molar-refractivity contribution in [3.05, 3.63) is 36.5 Å². The van der Waals surface area contributed by atoms with E-state index in [4.69, 9.17) is 4.74 Å². The molecule has 2 unspecified atom stereocenters. The van der Waals surface area contributed by atoms with Crippen LogP contribution in [-0.4, -0.2) is 47.4 Å². The molecule has 1 amide bonds. The van der Waals surface area contributed by atoms with Crippen LogP contribution in [0.2, 0.25) is 0 Å². The molecule has 0 aromatic heterocycles. The zero-order chi connectivity index (χ0) is 55.7. The van der Waals surface area contributed by atoms with Crippen LogP contribution in [0.3, 0.4) is 0 Å². The topological polar surface area (TPSA) is 95.9 Å². The van der Waals surface area contributed by atoms with Crippen LogP contribution >= 0.6 is 0 Å². The zero-order valence-corrected chi connectivity index (χ0v) is 52.0. The van der Waals surface area contributed by atoms with Crippen LogP contribution in [0.4, 0.5) is 0 Å². The summed E-state index contributed by atoms with van der Waals surface area (Å²) in [6, 6.07) is -0.623. The van der Waals surface area contributed by atoms with Crippen LogP contribution in [0.15, 0.2) is 36.5 Å². The highest BCUT2D eigenvalue weighted by Gasteiger charge is 2.18. The second-order valence-electron chi connectivity index (χ2n) is 23.9. The molecule has 6 nitrogen and oxygen atoms in total. The first-order chi connectivity index (χ1) is 38.0. The molecule has 0 aliphatic carbocycles. The van der Waals surface area contributed by atoms with Gasteiger partial charge < -0.3 is 20.3 Å². The number of carbonyl (C=O) groups is 2. The maximum Gasteiger partial charge on any atom is 0.305 e. The molecule has 0 radical (unpaired) electrons. The number of aliphatic hydroxyl groups is 2. The first-order valence-corrected chi connectivity index (χ1v) is 34.8. The molecule has 0 spiro atoms. The van der Waals surface area contributed by atoms with Gasteiger partial charge in [-0.05, 0) is 64.2 Å². The molecule has 0 aromatic rings. The molecule has 77 heavy (non-hydrogen) atoms. The summed E-state index contributed by atoms with van der Waals surface area (Å²) in [6.07, 6.45) is 85.2. The lowest BCUT2D eigenvalue weighted by atomic mass is 10.0. The van der Waals surface area contributed by atoms with Crippen LogP contribution in [0.1, 0.15) is 380 Å². The smallest absolute Gasteiger partial charge is 0.305 e. The Labute approximate surface area is 481 Å². The van der Waals surface area contributed by atoms with Gasteiger partial charge in [0.15, 0.2) is 0 Å². The van der Waals surface area contributed by atoms with E-state index in [0.29, 0.717) is 19.4 Å². The molecule has 0 heterocycles. The van der Waals surface area contributed by atoms with Gasteiger partial charge in [0, 0.05) is 12.8 Å². The molecule has 0 saturated heterocycles. The normalized spacial score (nSPS) is 12.7. The number of hydrogen-bond acceptors (Lipinski definition) is 5. The fourth-order valence-corrected chi connectivity index (χ4v) is 10.8. The summed E-state index contributed by atoms with van der Waals surface area (Å²) >= 11 is 0. The van der Waals surface area contributed by atoms with E-state index in [9.17, 15) is 19.8 Å². The van der Waals surface area contributed by atoms with Crippen molar-refractivity contribution in [2.45, 2.75) is 392 Å². The lowest BCUT2D eigenvalue weighted by Crippen LogP contribution is -2.45. The number of rotatable bonds is 65. The van der Waals surface area contributed by atoms with Crippen molar-refractivity contribution in [2.75, 3.05) is 13.2 Å². The number of hydrogen-bond donors (Lipinski definition) is 3. The Morgan fingerprint density at radius 2 is 0.649 bits per heavy atom. The molecule has 0 aromatic carbocycles. The fraction of sp³-hybridized carbons (Fsp3) is 0.887. The van der Waals surface area contributed by atoms with E-state index in [2.05, 4.69) is 43.5 Å². The Morgan fingerprint density at radius 3 is 1.01 bits per heavy atom. The second-order valence-corrected chi connectivity index (χ2v) is 23.9. The molecule has 3 N–H and O–H groups in total. The molecule has 0 saturated carbocycles. The molecule has 2 atom stereocenters. The standard InChI is InChI=1S/C71H135NO5/c1-3-5-7-9-11-13-15-17-37-41-45-49-53-57-61-65-71(76)77-66-62-58-54-50-46-42-39-36-34-32-30-28-26-24-22-20-18-19-21-23-25-27-29-31-33-35-38-40-44-48-52-56-60-64-70(75)72-68(67-73)69(74)63-59-55-51-47-43-16-14-12-10-8-6-4-2/h11,13,17,37,59,63,68-69,73-74H,3-10,12,14-16,18-36,38-58,60-62,64-67H2,1-2H3,(H,72,75)/b13-11-,37-17-,63-59+. The molecule has 0 bridgehead atoms. The molecular formula is C71H135NO5. The van der Waals surface area contributed by atoms with E-state index in [1.54, 1.807) is 6.08 Å². The SMILES string of the molecule is CCCCC/C=C\C/C=C\CCCCCCCC(=O)OCCCCCCCCCCCCCCCCCCCCCCCCCCCCCCCCCCCC(=O)NC(CO)C(O)/C=C/CCCCCCCCCCCC. The molecule has 0 fully saturated rings. The van der Waals surface area contributed by atoms with Gasteiger partial charge in [-0.15, -0.1) is 0 Å². The monoisotopic (exact) mass is 1080 g/mol. The minimum atomic E-state index is -0.840. The van der Waals surface area contributed by atoms with Crippen LogP contribution < -0.4 is 5.32 Å². The lowest BCUT2D eigenvalue weighted by molar-refractivity contribution is -0.143. The first kappa shape index (κ1) is 75.1. The number of carbonyl (C=O) groups excluding carboxylic acids is 2. The Hall–Kier alpha value is -1.92. The van der Waals surface area contributed by atoms with E-state index in [-0.39, 0.29) is 18.5 Å². The van der Waals surface area contributed by atoms with Gasteiger partial charge in [-0.1, -0.05) is 339 Å². The Bertz CT molecular complexity index is 1250. The largest absolute Gasteiger partial charge is 0.466 e. The number of aliphatic hydroxyl groups excluding tert-OH is 2. The zero-order valence-electron chi connectivity index (χ0n) is 52.0. The van der Waals surface area contributed by atoms with Crippen molar-refractivity contribution < 1.29 is 24.5 Å². The molecule has 454 valence electrons. The summed E-state index contributed by atoms with van der Waals surface area (Å²) in [4.78, 5) is 24.5. The maximum absolute atomic E-state index is 12.5. The molecular weight excluding hydrogens is 947 g/mol. The summed E-state index contributed by atoms with van der Waals surface area (Å²) < 4.78 is 5.49. The van der Waals surface area contributed by atoms with E-state index >= 15 is 0 Å². The number of ether oxygens (including phenoxy) is 1. The third kappa shape index (κ3) is 63.1. The third-order valence-corrected chi connectivity index (χ3v) is 16.2. The predicted molar refractivity (Wildman–Crippen MR) is 338 cm³/mol. The summed E-state index contributed by atoms with van der Waals surface area (Å²) in [6.45, 7) is 4.89. The van der Waals surface area contributed by atoms with Crippen molar-refractivity contribution in [2.24, 2.45) is 0 Å². The molecule has 6 heteroatoms. The van der Waals surface area contributed by atoms with E-state index < -0.39 is 12.1 Å². The maximum atomic E-state index is 12.5. The Kier molecular flexibility index (Phi) is 64.9. The van der Waals surface area contributed by atoms with Crippen molar-refractivity contribution in [1.82, 2.24) is 5.32 Å². The quantitative estimate of drug-likeness (QED) is 0.0320. The average Bonchev–Trinajstić information content (AvgIpc) is 3.43. The Balaban J connectivity index is 3.32. The number of unbranched alkanes of at least 4 members (excludes halogenated alkanes) is 50. The van der Waals surface area contributed by atoms with Gasteiger partial charge in [0.05, 0.1) is 25.4 Å². The van der Waals surface area contributed by atoms with Gasteiger partial charge in [0.2, 0.25) is 5.91 Å². The Morgan fingerprint density at radius 1 is 0.364 bits per heavy atom. The fourth-order valence-electron chi connectivity index (χ4n) is 10.8. The minimum Gasteiger partial charge on any atom is -0.466 e. The lowest BCUT2D eigenvalue weighted by Gasteiger charge is -2.20. The van der Waals surface area contributed by atoms with Crippen molar-refractivity contribution in [3.63, 3.8) is 0 Å². The highest BCUT2D eigenvalue weighted by Crippen LogP contribution is 2.19. The molecule has 0 aliphatic heterocycles. The van der Waals surface area contributed by atoms with Gasteiger partial charge in [0.25, 0.3) is 0 Å². The summed E-state index contributed by atoms with van der Waals surface area (Å²) in [5.41, 5.74) is 0. The van der Waals surface area contributed by atoms with Gasteiger partial charge in [0.1, 0.15) is 0 Å². The van der Waals surface area contributed by atoms with Gasteiger partial charge in [-0.25, -0.2) is 0 Å². The van der Waals surface area contributed by atoms with Crippen LogP contribution in [-0.2, 0) is 14.3 Å². The predicted octanol–water partition coefficient (Wildman–Crippen LogP) is 22.3. The third-order valence-electron chi connectivity index (χ3n) is 16.2. The van der Waals surface area contributed by atoms with Gasteiger partial charge >= 0.3 is 5.97 Å². The van der Waals surface area contributed by atoms with Crippen LogP contribution in [0.25, 0.3) is 0 Å². The first-order valence-electron chi connectivity index (χ1n) is 34.8. The summed E-state index contributed by atoms with van der Waals surface area (Å²) in [5.74, 6) is -0.0550. The van der Waals surface area contributed by atoms with E-state index in [0.717, 1.165) is 51.4 Å². The average molecular weight is 1080 g/mol. The minimum absolute atomic E-state index is 0.00755. The number of esters is 1. The number of amides is 1. The summed E-state index contributed by atoms with van der Waals surface area (Å²) in [7, 11) is 0. The van der Waals surface area contributed by atoms with E-state index in [1.165, 1.54) is 302 Å². The second kappa shape index (κ2) is 66.6. The summed E-state index contributed by atoms with van der Waals surface area (Å²) in [5, 5.41) is 23.1. The van der Waals surface area contributed by atoms with Crippen molar-refractivity contribution >= 4 is 11.9 Å².